The molecule has 1 fully saturated rings. The first-order valence-electron chi connectivity index (χ1n) is 5.74. The molecule has 16 heavy (non-hydrogen) atoms. The molecule has 1 saturated heterocycles. The second-order valence-electron chi connectivity index (χ2n) is 4.25. The van der Waals surface area contributed by atoms with Gasteiger partial charge in [-0.3, -0.25) is 0 Å². The Morgan fingerprint density at radius 2 is 2.06 bits per heavy atom. The molecular weight excluding hydrogens is 200 g/mol. The van der Waals surface area contributed by atoms with Gasteiger partial charge in [-0.25, -0.2) is 4.98 Å². The second kappa shape index (κ2) is 3.79. The Morgan fingerprint density at radius 1 is 1.25 bits per heavy atom. The molecule has 2 aromatic rings. The van der Waals surface area contributed by atoms with E-state index in [0.29, 0.717) is 0 Å². The smallest absolute Gasteiger partial charge is 0.137 e. The topological polar surface area (TPSA) is 32.6 Å². The number of nitrogens with one attached hydrogen (secondary N) is 1. The van der Waals surface area contributed by atoms with Crippen molar-refractivity contribution in [3.8, 4) is 0 Å². The van der Waals surface area contributed by atoms with E-state index in [9.17, 15) is 0 Å². The van der Waals surface area contributed by atoms with Gasteiger partial charge in [-0.1, -0.05) is 0 Å². The summed E-state index contributed by atoms with van der Waals surface area (Å²) < 4.78 is 2.15. The molecule has 3 heterocycles. The Labute approximate surface area is 94.9 Å². The van der Waals surface area contributed by atoms with Crippen molar-refractivity contribution in [2.75, 3.05) is 31.1 Å². The summed E-state index contributed by atoms with van der Waals surface area (Å²) in [5.41, 5.74) is 3.50. The summed E-state index contributed by atoms with van der Waals surface area (Å²) in [6.45, 7) is 6.39. The minimum Gasteiger partial charge on any atom is -0.368 e. The number of aromatic nitrogens is 2. The number of pyridine rings is 1. The van der Waals surface area contributed by atoms with Crippen LogP contribution >= 0.6 is 0 Å². The zero-order chi connectivity index (χ0) is 11.0. The molecule has 4 nitrogen and oxygen atoms in total. The van der Waals surface area contributed by atoms with Gasteiger partial charge in [0.15, 0.2) is 0 Å². The maximum Gasteiger partial charge on any atom is 0.137 e. The van der Waals surface area contributed by atoms with Crippen LogP contribution in [0.3, 0.4) is 0 Å². The number of nitrogens with zero attached hydrogens (tertiary/aromatic N) is 3. The van der Waals surface area contributed by atoms with E-state index in [1.165, 1.54) is 11.4 Å². The van der Waals surface area contributed by atoms with Crippen molar-refractivity contribution in [3.63, 3.8) is 0 Å². The van der Waals surface area contributed by atoms with Crippen LogP contribution in [0.5, 0.6) is 0 Å². The van der Waals surface area contributed by atoms with Gasteiger partial charge in [-0.05, 0) is 19.1 Å². The molecule has 0 aromatic carbocycles. The molecule has 0 unspecified atom stereocenters. The number of rotatable bonds is 1. The number of imidazole rings is 1. The van der Waals surface area contributed by atoms with Crippen molar-refractivity contribution < 1.29 is 0 Å². The van der Waals surface area contributed by atoms with Crippen LogP contribution in [0.2, 0.25) is 0 Å². The largest absolute Gasteiger partial charge is 0.368 e. The fourth-order valence-corrected chi connectivity index (χ4v) is 2.20. The first kappa shape index (κ1) is 9.66. The number of aryl methyl sites for hydroxylation is 1. The zero-order valence-electron chi connectivity index (χ0n) is 9.48. The van der Waals surface area contributed by atoms with Gasteiger partial charge in [-0.2, -0.15) is 0 Å². The summed E-state index contributed by atoms with van der Waals surface area (Å²) in [4.78, 5) is 6.75. The summed E-state index contributed by atoms with van der Waals surface area (Å²) in [7, 11) is 0. The fourth-order valence-electron chi connectivity index (χ4n) is 2.20. The summed E-state index contributed by atoms with van der Waals surface area (Å²) in [5.74, 6) is 0. The highest BCUT2D eigenvalue weighted by molar-refractivity contribution is 5.53. The van der Waals surface area contributed by atoms with Crippen LogP contribution in [0.1, 0.15) is 5.69 Å². The number of fused-ring (bicyclic) bond motifs is 1. The van der Waals surface area contributed by atoms with E-state index in [0.717, 1.165) is 31.8 Å². The fraction of sp³-hybridized carbons (Fsp3) is 0.417. The molecule has 1 N–H and O–H groups in total. The highest BCUT2D eigenvalue weighted by Crippen LogP contribution is 2.17. The van der Waals surface area contributed by atoms with Crippen molar-refractivity contribution in [1.29, 1.82) is 0 Å². The average molecular weight is 216 g/mol. The Balaban J connectivity index is 1.99. The molecule has 2 aromatic heterocycles. The van der Waals surface area contributed by atoms with Crippen LogP contribution in [-0.4, -0.2) is 35.6 Å². The maximum absolute atomic E-state index is 4.34. The third-order valence-electron chi connectivity index (χ3n) is 3.16. The highest BCUT2D eigenvalue weighted by atomic mass is 15.2. The number of hydrogen-bond acceptors (Lipinski definition) is 3. The molecule has 3 rings (SSSR count). The predicted octanol–water partition coefficient (Wildman–Crippen LogP) is 1.05. The Bertz CT molecular complexity index is 497. The van der Waals surface area contributed by atoms with Gasteiger partial charge in [-0.15, -0.1) is 0 Å². The molecule has 0 amide bonds. The third-order valence-corrected chi connectivity index (χ3v) is 3.16. The van der Waals surface area contributed by atoms with Crippen LogP contribution in [0.4, 0.5) is 5.69 Å². The van der Waals surface area contributed by atoms with Gasteiger partial charge >= 0.3 is 0 Å². The van der Waals surface area contributed by atoms with Crippen LogP contribution in [0, 0.1) is 6.92 Å². The maximum atomic E-state index is 4.34. The Morgan fingerprint density at radius 3 is 2.88 bits per heavy atom. The SMILES string of the molecule is Cc1cnc2ccc(N3CCNCC3)cn12. The predicted molar refractivity (Wildman–Crippen MR) is 65.0 cm³/mol. The third kappa shape index (κ3) is 1.55. The van der Waals surface area contributed by atoms with E-state index in [4.69, 9.17) is 0 Å². The molecule has 0 spiro atoms. The lowest BCUT2D eigenvalue weighted by Crippen LogP contribution is -2.43. The van der Waals surface area contributed by atoms with Gasteiger partial charge in [0.25, 0.3) is 0 Å². The van der Waals surface area contributed by atoms with Crippen LogP contribution in [0.15, 0.2) is 24.5 Å². The van der Waals surface area contributed by atoms with E-state index >= 15 is 0 Å². The minimum atomic E-state index is 1.02. The standard InChI is InChI=1S/C12H16N4/c1-10-8-14-12-3-2-11(9-16(10)12)15-6-4-13-5-7-15/h2-3,8-9,13H,4-7H2,1H3. The Kier molecular flexibility index (Phi) is 2.29. The van der Waals surface area contributed by atoms with Gasteiger partial charge in [0, 0.05) is 44.3 Å². The monoisotopic (exact) mass is 216 g/mol. The molecular formula is C12H16N4. The van der Waals surface area contributed by atoms with Gasteiger partial charge in [0.05, 0.1) is 5.69 Å². The molecule has 1 aliphatic heterocycles. The molecule has 1 aliphatic rings. The Hall–Kier alpha value is -1.55. The van der Waals surface area contributed by atoms with Crippen LogP contribution in [0.25, 0.3) is 5.65 Å². The van der Waals surface area contributed by atoms with Crippen molar-refractivity contribution in [2.45, 2.75) is 6.92 Å². The zero-order valence-corrected chi connectivity index (χ0v) is 9.48. The van der Waals surface area contributed by atoms with E-state index in [1.807, 2.05) is 6.20 Å². The van der Waals surface area contributed by atoms with E-state index in [-0.39, 0.29) is 0 Å². The second-order valence-corrected chi connectivity index (χ2v) is 4.25. The van der Waals surface area contributed by atoms with Crippen LogP contribution < -0.4 is 10.2 Å². The van der Waals surface area contributed by atoms with E-state index in [2.05, 4.69) is 44.9 Å². The molecule has 0 saturated carbocycles. The highest BCUT2D eigenvalue weighted by Gasteiger charge is 2.11. The quantitative estimate of drug-likeness (QED) is 0.773. The van der Waals surface area contributed by atoms with Crippen molar-refractivity contribution >= 4 is 11.3 Å². The molecule has 0 radical (unpaired) electrons. The lowest BCUT2D eigenvalue weighted by molar-refractivity contribution is 0.588. The first-order valence-corrected chi connectivity index (χ1v) is 5.74. The van der Waals surface area contributed by atoms with Gasteiger partial charge in [0.2, 0.25) is 0 Å². The van der Waals surface area contributed by atoms with Crippen LogP contribution in [-0.2, 0) is 0 Å². The summed E-state index contributed by atoms with van der Waals surface area (Å²) >= 11 is 0. The average Bonchev–Trinajstić information content (AvgIpc) is 2.72. The summed E-state index contributed by atoms with van der Waals surface area (Å²) in [6.07, 6.45) is 4.10. The van der Waals surface area contributed by atoms with Gasteiger partial charge < -0.3 is 14.6 Å². The van der Waals surface area contributed by atoms with Gasteiger partial charge in [0.1, 0.15) is 5.65 Å². The number of anilines is 1. The van der Waals surface area contributed by atoms with Crippen molar-refractivity contribution in [2.24, 2.45) is 0 Å². The minimum absolute atomic E-state index is 1.02. The molecule has 0 aliphatic carbocycles. The number of piperazine rings is 1. The summed E-state index contributed by atoms with van der Waals surface area (Å²) in [5, 5.41) is 3.37. The molecule has 0 bridgehead atoms. The van der Waals surface area contributed by atoms with E-state index in [1.54, 1.807) is 0 Å². The molecule has 84 valence electrons. The summed E-state index contributed by atoms with van der Waals surface area (Å²) in [6, 6.07) is 4.25. The lowest BCUT2D eigenvalue weighted by Gasteiger charge is -2.29. The lowest BCUT2D eigenvalue weighted by atomic mass is 10.3. The van der Waals surface area contributed by atoms with Crippen molar-refractivity contribution in [3.05, 3.63) is 30.2 Å². The molecule has 0 atom stereocenters. The first-order chi connectivity index (χ1) is 7.84. The normalized spacial score (nSPS) is 16.9. The molecule has 4 heteroatoms. The number of hydrogen-bond donors (Lipinski definition) is 1. The van der Waals surface area contributed by atoms with E-state index < -0.39 is 0 Å². The van der Waals surface area contributed by atoms with Crippen molar-refractivity contribution in [1.82, 2.24) is 14.7 Å².